The number of nitrogens with one attached hydrogen (secondary N) is 1. The van der Waals surface area contributed by atoms with Crippen LogP contribution in [0.2, 0.25) is 0 Å². The van der Waals surface area contributed by atoms with E-state index in [0.29, 0.717) is 31.1 Å². The number of likely N-dealkylation sites (tertiary alicyclic amines) is 1. The second-order valence-electron chi connectivity index (χ2n) is 9.05. The normalized spacial score (nSPS) is 21.0. The van der Waals surface area contributed by atoms with Crippen molar-refractivity contribution in [2.45, 2.75) is 76.0 Å². The van der Waals surface area contributed by atoms with Crippen molar-refractivity contribution in [3.05, 3.63) is 23.8 Å². The molecule has 1 aliphatic heterocycles. The number of β-amino-alcohol motifs (C(OH)–C–C–N with tert-alkyl or cyclic N) is 1. The third-order valence-electron chi connectivity index (χ3n) is 6.39. The number of benzene rings is 1. The van der Waals surface area contributed by atoms with E-state index in [1.54, 1.807) is 7.11 Å². The molecule has 0 spiro atoms. The molecule has 0 radical (unpaired) electrons. The Labute approximate surface area is 181 Å². The number of aliphatic hydroxyl groups excluding tert-OH is 1. The van der Waals surface area contributed by atoms with Gasteiger partial charge in [-0.05, 0) is 56.5 Å². The monoisotopic (exact) mass is 420 g/mol. The molecule has 1 aromatic carbocycles. The molecule has 0 amide bonds. The molecule has 3 N–H and O–H groups in total. The van der Waals surface area contributed by atoms with Gasteiger partial charge in [-0.2, -0.15) is 0 Å². The molecule has 170 valence electrons. The summed E-state index contributed by atoms with van der Waals surface area (Å²) in [6.07, 6.45) is 9.73. The standard InChI is InChI=1S/C24H40N2O4/c1-29-23-15-20(16-25-19-24(28)11-5-4-6-12-24)9-10-22(23)30-18-21(27)17-26-13-7-2-3-8-14-26/h9-10,15,21,25,27-28H,2-8,11-14,16-19H2,1H3. The third-order valence-corrected chi connectivity index (χ3v) is 6.39. The number of hydrogen-bond donors (Lipinski definition) is 3. The fourth-order valence-electron chi connectivity index (χ4n) is 4.62. The van der Waals surface area contributed by atoms with E-state index in [-0.39, 0.29) is 6.61 Å². The Morgan fingerprint density at radius 1 is 1.03 bits per heavy atom. The Morgan fingerprint density at radius 2 is 1.73 bits per heavy atom. The van der Waals surface area contributed by atoms with Crippen LogP contribution in [0.3, 0.4) is 0 Å². The van der Waals surface area contributed by atoms with Crippen LogP contribution in [-0.4, -0.2) is 66.7 Å². The van der Waals surface area contributed by atoms with Gasteiger partial charge in [-0.1, -0.05) is 38.2 Å². The summed E-state index contributed by atoms with van der Waals surface area (Å²) in [5.41, 5.74) is 0.526. The quantitative estimate of drug-likeness (QED) is 0.540. The fourth-order valence-corrected chi connectivity index (χ4v) is 4.62. The third kappa shape index (κ3) is 7.41. The number of ether oxygens (including phenoxy) is 2. The average Bonchev–Trinajstić information content (AvgIpc) is 3.01. The summed E-state index contributed by atoms with van der Waals surface area (Å²) in [6, 6.07) is 5.88. The molecule has 6 nitrogen and oxygen atoms in total. The minimum absolute atomic E-state index is 0.261. The van der Waals surface area contributed by atoms with Gasteiger partial charge in [-0.15, -0.1) is 0 Å². The zero-order valence-electron chi connectivity index (χ0n) is 18.6. The fraction of sp³-hybridized carbons (Fsp3) is 0.750. The summed E-state index contributed by atoms with van der Waals surface area (Å²) in [5.74, 6) is 1.33. The van der Waals surface area contributed by atoms with Gasteiger partial charge in [-0.25, -0.2) is 0 Å². The Balaban J connectivity index is 1.45. The van der Waals surface area contributed by atoms with E-state index in [9.17, 15) is 10.2 Å². The zero-order chi connectivity index (χ0) is 21.2. The van der Waals surface area contributed by atoms with Gasteiger partial charge >= 0.3 is 0 Å². The maximum atomic E-state index is 10.6. The minimum atomic E-state index is -0.561. The molecule has 1 saturated carbocycles. The molecule has 2 aliphatic rings. The smallest absolute Gasteiger partial charge is 0.161 e. The van der Waals surface area contributed by atoms with Crippen molar-refractivity contribution in [2.75, 3.05) is 39.9 Å². The Kier molecular flexibility index (Phi) is 9.25. The van der Waals surface area contributed by atoms with Crippen molar-refractivity contribution in [3.63, 3.8) is 0 Å². The Hall–Kier alpha value is -1.34. The molecule has 0 aromatic heterocycles. The Bertz CT molecular complexity index is 626. The van der Waals surface area contributed by atoms with Gasteiger partial charge in [0.1, 0.15) is 12.7 Å². The largest absolute Gasteiger partial charge is 0.493 e. The Morgan fingerprint density at radius 3 is 2.43 bits per heavy atom. The SMILES string of the molecule is COc1cc(CNCC2(O)CCCCC2)ccc1OCC(O)CN1CCCCCC1. The van der Waals surface area contributed by atoms with Crippen molar-refractivity contribution in [1.82, 2.24) is 10.2 Å². The van der Waals surface area contributed by atoms with Crippen LogP contribution < -0.4 is 14.8 Å². The van der Waals surface area contributed by atoms with Crippen LogP contribution in [0.25, 0.3) is 0 Å². The van der Waals surface area contributed by atoms with Crippen LogP contribution in [0, 0.1) is 0 Å². The van der Waals surface area contributed by atoms with E-state index in [1.165, 1.54) is 32.1 Å². The first-order valence-corrected chi connectivity index (χ1v) is 11.7. The van der Waals surface area contributed by atoms with E-state index in [1.807, 2.05) is 18.2 Å². The van der Waals surface area contributed by atoms with Gasteiger partial charge in [0.2, 0.25) is 0 Å². The summed E-state index contributed by atoms with van der Waals surface area (Å²) < 4.78 is 11.4. The van der Waals surface area contributed by atoms with Crippen molar-refractivity contribution in [1.29, 1.82) is 0 Å². The van der Waals surface area contributed by atoms with Crippen LogP contribution in [0.1, 0.15) is 63.4 Å². The molecule has 1 atom stereocenters. The number of hydrogen-bond acceptors (Lipinski definition) is 6. The molecule has 6 heteroatoms. The van der Waals surface area contributed by atoms with Gasteiger partial charge in [0.15, 0.2) is 11.5 Å². The molecule has 3 rings (SSSR count). The summed E-state index contributed by atoms with van der Waals surface area (Å²) >= 11 is 0. The minimum Gasteiger partial charge on any atom is -0.493 e. The lowest BCUT2D eigenvalue weighted by molar-refractivity contribution is 0.00467. The molecule has 1 heterocycles. The van der Waals surface area contributed by atoms with Gasteiger partial charge < -0.3 is 29.9 Å². The predicted molar refractivity (Wildman–Crippen MR) is 119 cm³/mol. The summed E-state index contributed by atoms with van der Waals surface area (Å²) in [4.78, 5) is 2.34. The van der Waals surface area contributed by atoms with Gasteiger partial charge in [0.25, 0.3) is 0 Å². The molecular formula is C24H40N2O4. The summed E-state index contributed by atoms with van der Waals surface area (Å²) in [5, 5.41) is 24.4. The lowest BCUT2D eigenvalue weighted by atomic mass is 9.85. The maximum Gasteiger partial charge on any atom is 0.161 e. The molecule has 1 unspecified atom stereocenters. The van der Waals surface area contributed by atoms with Crippen molar-refractivity contribution >= 4 is 0 Å². The topological polar surface area (TPSA) is 74.2 Å². The summed E-state index contributed by atoms with van der Waals surface area (Å²) in [6.45, 7) is 4.35. The van der Waals surface area contributed by atoms with E-state index in [0.717, 1.165) is 44.3 Å². The highest BCUT2D eigenvalue weighted by Gasteiger charge is 2.28. The van der Waals surface area contributed by atoms with E-state index in [4.69, 9.17) is 9.47 Å². The molecule has 2 fully saturated rings. The van der Waals surface area contributed by atoms with Crippen molar-refractivity contribution in [3.8, 4) is 11.5 Å². The highest BCUT2D eigenvalue weighted by molar-refractivity contribution is 5.43. The highest BCUT2D eigenvalue weighted by atomic mass is 16.5. The first kappa shape index (κ1) is 23.3. The first-order valence-electron chi connectivity index (χ1n) is 11.7. The molecule has 0 bridgehead atoms. The van der Waals surface area contributed by atoms with E-state index >= 15 is 0 Å². The lowest BCUT2D eigenvalue weighted by Crippen LogP contribution is -2.41. The number of methoxy groups -OCH3 is 1. The predicted octanol–water partition coefficient (Wildman–Crippen LogP) is 3.10. The van der Waals surface area contributed by atoms with Crippen LogP contribution in [0.15, 0.2) is 18.2 Å². The second-order valence-corrected chi connectivity index (χ2v) is 9.05. The van der Waals surface area contributed by atoms with Crippen molar-refractivity contribution in [2.24, 2.45) is 0 Å². The van der Waals surface area contributed by atoms with E-state index < -0.39 is 11.7 Å². The number of nitrogens with zero attached hydrogens (tertiary/aromatic N) is 1. The lowest BCUT2D eigenvalue weighted by Gasteiger charge is -2.32. The first-order chi connectivity index (χ1) is 14.6. The number of rotatable bonds is 10. The van der Waals surface area contributed by atoms with Crippen LogP contribution >= 0.6 is 0 Å². The van der Waals surface area contributed by atoms with Crippen molar-refractivity contribution < 1.29 is 19.7 Å². The highest BCUT2D eigenvalue weighted by Crippen LogP contribution is 2.29. The van der Waals surface area contributed by atoms with E-state index in [2.05, 4.69) is 10.2 Å². The van der Waals surface area contributed by atoms with Gasteiger partial charge in [0.05, 0.1) is 12.7 Å². The second kappa shape index (κ2) is 11.9. The molecule has 1 aromatic rings. The zero-order valence-corrected chi connectivity index (χ0v) is 18.6. The van der Waals surface area contributed by atoms with Crippen LogP contribution in [0.4, 0.5) is 0 Å². The molecule has 1 saturated heterocycles. The van der Waals surface area contributed by atoms with Gasteiger partial charge in [-0.3, -0.25) is 0 Å². The van der Waals surface area contributed by atoms with Gasteiger partial charge in [0, 0.05) is 19.6 Å². The molecule has 1 aliphatic carbocycles. The summed E-state index contributed by atoms with van der Waals surface area (Å²) in [7, 11) is 1.64. The average molecular weight is 421 g/mol. The van der Waals surface area contributed by atoms with Crippen LogP contribution in [0.5, 0.6) is 11.5 Å². The van der Waals surface area contributed by atoms with Crippen LogP contribution in [-0.2, 0) is 6.54 Å². The molecule has 30 heavy (non-hydrogen) atoms. The number of aliphatic hydroxyl groups is 2. The maximum absolute atomic E-state index is 10.6. The molecular weight excluding hydrogens is 380 g/mol.